The van der Waals surface area contributed by atoms with Crippen molar-refractivity contribution in [2.75, 3.05) is 5.75 Å². The molecular formula is C23H26N2O2S2. The van der Waals surface area contributed by atoms with Crippen LogP contribution in [0.4, 0.5) is 0 Å². The van der Waals surface area contributed by atoms with Crippen molar-refractivity contribution in [3.05, 3.63) is 68.8 Å². The molecule has 3 heterocycles. The van der Waals surface area contributed by atoms with Crippen LogP contribution in [0.3, 0.4) is 0 Å². The van der Waals surface area contributed by atoms with Gasteiger partial charge in [0.25, 0.3) is 5.56 Å². The van der Waals surface area contributed by atoms with Crippen molar-refractivity contribution >= 4 is 33.3 Å². The normalized spacial score (nSPS) is 16.3. The summed E-state index contributed by atoms with van der Waals surface area (Å²) in [7, 11) is 0. The molecule has 4 rings (SSSR count). The van der Waals surface area contributed by atoms with E-state index in [-0.39, 0.29) is 11.7 Å². The number of fused-ring (bicyclic) bond motifs is 3. The molecule has 0 unspecified atom stereocenters. The van der Waals surface area contributed by atoms with E-state index < -0.39 is 0 Å². The predicted octanol–water partition coefficient (Wildman–Crippen LogP) is 5.27. The molecule has 2 aromatic heterocycles. The minimum absolute atomic E-state index is 0.0602. The van der Waals surface area contributed by atoms with Gasteiger partial charge in [-0.05, 0) is 24.0 Å². The van der Waals surface area contributed by atoms with Crippen LogP contribution >= 0.6 is 23.1 Å². The number of aromatic nitrogens is 2. The number of thioether (sulfide) groups is 1. The standard InChI is InChI=1S/C23H26N2O2S2/c1-14(2)13-28-23-24-21-20(17-10-18(15(3)4)27-12-19(17)29-21)22(26)25(23)11-16-8-6-5-7-9-16/h5-9,15,18H,1,10-13H2,2-4H3/t18-/m0/s1. The van der Waals surface area contributed by atoms with Crippen LogP contribution in [0.15, 0.2) is 52.4 Å². The summed E-state index contributed by atoms with van der Waals surface area (Å²) in [6, 6.07) is 10.1. The summed E-state index contributed by atoms with van der Waals surface area (Å²) < 4.78 is 7.86. The number of hydrogen-bond donors (Lipinski definition) is 0. The Kier molecular flexibility index (Phi) is 5.95. The van der Waals surface area contributed by atoms with Crippen LogP contribution < -0.4 is 5.56 Å². The minimum Gasteiger partial charge on any atom is -0.372 e. The Morgan fingerprint density at radius 3 is 2.83 bits per heavy atom. The molecule has 0 bridgehead atoms. The first kappa shape index (κ1) is 20.4. The summed E-state index contributed by atoms with van der Waals surface area (Å²) in [4.78, 5) is 20.6. The van der Waals surface area contributed by atoms with Gasteiger partial charge in [0.2, 0.25) is 0 Å². The van der Waals surface area contributed by atoms with Crippen LogP contribution in [-0.2, 0) is 24.3 Å². The molecule has 152 valence electrons. The molecule has 1 aromatic carbocycles. The molecule has 0 fully saturated rings. The molecule has 0 spiro atoms. The van der Waals surface area contributed by atoms with Crippen molar-refractivity contribution in [2.45, 2.75) is 51.6 Å². The number of hydrogen-bond acceptors (Lipinski definition) is 5. The van der Waals surface area contributed by atoms with Gasteiger partial charge in [0.15, 0.2) is 5.16 Å². The lowest BCUT2D eigenvalue weighted by molar-refractivity contribution is 0.00200. The van der Waals surface area contributed by atoms with E-state index in [0.717, 1.165) is 49.1 Å². The first-order chi connectivity index (χ1) is 13.9. The number of rotatable bonds is 6. The van der Waals surface area contributed by atoms with E-state index in [0.29, 0.717) is 19.1 Å². The second kappa shape index (κ2) is 8.46. The molecule has 6 heteroatoms. The Hall–Kier alpha value is -1.89. The van der Waals surface area contributed by atoms with Gasteiger partial charge < -0.3 is 4.74 Å². The van der Waals surface area contributed by atoms with E-state index in [1.165, 1.54) is 0 Å². The molecule has 1 aliphatic rings. The third-order valence-corrected chi connectivity index (χ3v) is 7.47. The highest BCUT2D eigenvalue weighted by molar-refractivity contribution is 7.99. The van der Waals surface area contributed by atoms with Gasteiger partial charge in [0.05, 0.1) is 24.6 Å². The molecule has 29 heavy (non-hydrogen) atoms. The van der Waals surface area contributed by atoms with Crippen LogP contribution in [-0.4, -0.2) is 21.4 Å². The van der Waals surface area contributed by atoms with Gasteiger partial charge in [-0.2, -0.15) is 0 Å². The highest BCUT2D eigenvalue weighted by atomic mass is 32.2. The maximum Gasteiger partial charge on any atom is 0.263 e. The number of ether oxygens (including phenoxy) is 1. The Morgan fingerprint density at radius 1 is 1.38 bits per heavy atom. The third-order valence-electron chi connectivity index (χ3n) is 5.17. The second-order valence-corrected chi connectivity index (χ2v) is 10.0. The van der Waals surface area contributed by atoms with Gasteiger partial charge in [-0.1, -0.05) is 68.1 Å². The van der Waals surface area contributed by atoms with Crippen molar-refractivity contribution in [1.82, 2.24) is 9.55 Å². The first-order valence-electron chi connectivity index (χ1n) is 9.91. The summed E-state index contributed by atoms with van der Waals surface area (Å²) in [5, 5.41) is 1.55. The van der Waals surface area contributed by atoms with E-state index in [9.17, 15) is 4.79 Å². The van der Waals surface area contributed by atoms with Crippen molar-refractivity contribution in [3.8, 4) is 0 Å². The van der Waals surface area contributed by atoms with E-state index >= 15 is 0 Å². The average Bonchev–Trinajstić information content (AvgIpc) is 3.07. The largest absolute Gasteiger partial charge is 0.372 e. The molecule has 1 aliphatic heterocycles. The zero-order valence-corrected chi connectivity index (χ0v) is 18.7. The van der Waals surface area contributed by atoms with Gasteiger partial charge in [0, 0.05) is 17.1 Å². The summed E-state index contributed by atoms with van der Waals surface area (Å²) in [6.07, 6.45) is 0.938. The zero-order chi connectivity index (χ0) is 20.5. The molecule has 0 aliphatic carbocycles. The van der Waals surface area contributed by atoms with Crippen LogP contribution in [0, 0.1) is 5.92 Å². The van der Waals surface area contributed by atoms with Crippen LogP contribution in [0.1, 0.15) is 36.8 Å². The van der Waals surface area contributed by atoms with Gasteiger partial charge >= 0.3 is 0 Å². The fourth-order valence-corrected chi connectivity index (χ4v) is 5.58. The topological polar surface area (TPSA) is 44.1 Å². The van der Waals surface area contributed by atoms with Gasteiger partial charge in [-0.15, -0.1) is 11.3 Å². The molecule has 1 atom stereocenters. The zero-order valence-electron chi connectivity index (χ0n) is 17.1. The van der Waals surface area contributed by atoms with Gasteiger partial charge in [-0.3, -0.25) is 9.36 Å². The van der Waals surface area contributed by atoms with E-state index in [2.05, 4.69) is 32.6 Å². The van der Waals surface area contributed by atoms with Crippen molar-refractivity contribution < 1.29 is 4.74 Å². The van der Waals surface area contributed by atoms with Gasteiger partial charge in [-0.25, -0.2) is 4.98 Å². The first-order valence-corrected chi connectivity index (χ1v) is 11.7. The summed E-state index contributed by atoms with van der Waals surface area (Å²) in [6.45, 7) is 11.4. The molecule has 0 radical (unpaired) electrons. The third kappa shape index (κ3) is 4.20. The Morgan fingerprint density at radius 2 is 2.14 bits per heavy atom. The Bertz CT molecular complexity index is 1100. The van der Waals surface area contributed by atoms with E-state index in [1.807, 2.05) is 29.7 Å². The molecule has 0 saturated heterocycles. The Labute approximate surface area is 179 Å². The van der Waals surface area contributed by atoms with Crippen LogP contribution in [0.5, 0.6) is 0 Å². The quantitative estimate of drug-likeness (QED) is 0.306. The fourth-order valence-electron chi connectivity index (χ4n) is 3.57. The van der Waals surface area contributed by atoms with E-state index in [4.69, 9.17) is 9.72 Å². The molecule has 0 amide bonds. The second-order valence-electron chi connectivity index (χ2n) is 8.00. The summed E-state index contributed by atoms with van der Waals surface area (Å²) >= 11 is 3.19. The van der Waals surface area contributed by atoms with Crippen LogP contribution in [0.2, 0.25) is 0 Å². The molecular weight excluding hydrogens is 400 g/mol. The highest BCUT2D eigenvalue weighted by Crippen LogP contribution is 2.36. The highest BCUT2D eigenvalue weighted by Gasteiger charge is 2.28. The smallest absolute Gasteiger partial charge is 0.263 e. The lowest BCUT2D eigenvalue weighted by atomic mass is 9.96. The predicted molar refractivity (Wildman–Crippen MR) is 122 cm³/mol. The SMILES string of the molecule is C=C(C)CSc1nc2sc3c(c2c(=O)n1Cc1ccccc1)C[C@@H](C(C)C)OC3. The maximum atomic E-state index is 13.7. The molecule has 3 aromatic rings. The molecule has 0 N–H and O–H groups in total. The van der Waals surface area contributed by atoms with Crippen molar-refractivity contribution in [3.63, 3.8) is 0 Å². The maximum absolute atomic E-state index is 13.7. The average molecular weight is 427 g/mol. The molecule has 0 saturated carbocycles. The summed E-state index contributed by atoms with van der Waals surface area (Å²) in [5.74, 6) is 1.17. The Balaban J connectivity index is 1.84. The van der Waals surface area contributed by atoms with Crippen molar-refractivity contribution in [2.24, 2.45) is 5.92 Å². The number of benzene rings is 1. The number of nitrogens with zero attached hydrogens (tertiary/aromatic N) is 2. The van der Waals surface area contributed by atoms with Crippen molar-refractivity contribution in [1.29, 1.82) is 0 Å². The van der Waals surface area contributed by atoms with Gasteiger partial charge in [0.1, 0.15) is 4.83 Å². The molecule has 4 nitrogen and oxygen atoms in total. The minimum atomic E-state index is 0.0602. The summed E-state index contributed by atoms with van der Waals surface area (Å²) in [5.41, 5.74) is 3.37. The lowest BCUT2D eigenvalue weighted by Gasteiger charge is -2.26. The monoisotopic (exact) mass is 426 g/mol. The van der Waals surface area contributed by atoms with Crippen LogP contribution in [0.25, 0.3) is 10.2 Å². The lowest BCUT2D eigenvalue weighted by Crippen LogP contribution is -2.28. The van der Waals surface area contributed by atoms with E-state index in [1.54, 1.807) is 23.1 Å². The number of thiophene rings is 1. The fraction of sp³-hybridized carbons (Fsp3) is 0.391.